The van der Waals surface area contributed by atoms with Crippen molar-refractivity contribution in [3.8, 4) is 0 Å². The number of benzene rings is 1. The molecule has 1 aromatic carbocycles. The fraction of sp³-hybridized carbons (Fsp3) is 0.462. The Morgan fingerprint density at radius 3 is 2.71 bits per heavy atom. The van der Waals surface area contributed by atoms with Gasteiger partial charge in [-0.3, -0.25) is 4.79 Å². The molecule has 0 bridgehead atoms. The number of methoxy groups -OCH3 is 1. The number of epoxide rings is 1. The predicted molar refractivity (Wildman–Crippen MR) is 63.6 cm³/mol. The molecule has 1 aliphatic heterocycles. The summed E-state index contributed by atoms with van der Waals surface area (Å²) in [5.41, 5.74) is 0.533. The van der Waals surface area contributed by atoms with Crippen LogP contribution in [0.25, 0.3) is 0 Å². The van der Waals surface area contributed by atoms with Gasteiger partial charge in [0, 0.05) is 7.11 Å². The summed E-state index contributed by atoms with van der Waals surface area (Å²) in [6.07, 6.45) is -0.258. The van der Waals surface area contributed by atoms with Gasteiger partial charge in [0.25, 0.3) is 5.91 Å². The van der Waals surface area contributed by atoms with Crippen molar-refractivity contribution in [3.63, 3.8) is 0 Å². The second-order valence-electron chi connectivity index (χ2n) is 4.34. The molecule has 0 spiro atoms. The molecule has 2 atom stereocenters. The molecule has 0 aliphatic carbocycles. The van der Waals surface area contributed by atoms with Gasteiger partial charge in [0.1, 0.15) is 5.60 Å². The minimum Gasteiger partial charge on any atom is -0.372 e. The fourth-order valence-electron chi connectivity index (χ4n) is 1.65. The number of nitrogens with one attached hydrogen (secondary N) is 1. The zero-order chi connectivity index (χ0) is 12.3. The van der Waals surface area contributed by atoms with Gasteiger partial charge in [-0.15, -0.1) is 0 Å². The molecular formula is C13H17NO3. The van der Waals surface area contributed by atoms with Crippen molar-refractivity contribution in [3.05, 3.63) is 35.9 Å². The molecule has 0 saturated carbocycles. The lowest BCUT2D eigenvalue weighted by atomic mass is 9.95. The molecular weight excluding hydrogens is 218 g/mol. The smallest absolute Gasteiger partial charge is 0.251 e. The molecule has 1 heterocycles. The number of carbonyl (C=O) groups is 1. The highest BCUT2D eigenvalue weighted by atomic mass is 16.6. The third-order valence-electron chi connectivity index (χ3n) is 3.06. The summed E-state index contributed by atoms with van der Waals surface area (Å²) in [6, 6.07) is 9.85. The molecule has 92 valence electrons. The third kappa shape index (κ3) is 2.84. The molecule has 2 unspecified atom stereocenters. The van der Waals surface area contributed by atoms with E-state index >= 15 is 0 Å². The number of ether oxygens (including phenoxy) is 2. The molecule has 1 amide bonds. The molecule has 1 aliphatic rings. The lowest BCUT2D eigenvalue weighted by Crippen LogP contribution is -2.41. The molecule has 0 aromatic heterocycles. The van der Waals surface area contributed by atoms with Gasteiger partial charge in [0.05, 0.1) is 13.2 Å². The zero-order valence-electron chi connectivity index (χ0n) is 10.1. The molecule has 0 radical (unpaired) electrons. The minimum atomic E-state index is -0.508. The quantitative estimate of drug-likeness (QED) is 0.776. The first-order chi connectivity index (χ1) is 8.15. The highest BCUT2D eigenvalue weighted by Gasteiger charge is 2.33. The van der Waals surface area contributed by atoms with E-state index in [9.17, 15) is 4.79 Å². The molecule has 1 saturated heterocycles. The first-order valence-electron chi connectivity index (χ1n) is 5.66. The molecule has 1 aromatic rings. The Hall–Kier alpha value is -1.39. The standard InChI is InChI=1S/C13H17NO3/c1-13(16-2,10-6-4-3-5-7-10)9-14-12(15)11-8-17-11/h3-7,11H,8-9H2,1-2H3,(H,14,15). The number of hydrogen-bond donors (Lipinski definition) is 1. The van der Waals surface area contributed by atoms with E-state index in [2.05, 4.69) is 5.32 Å². The Kier molecular flexibility index (Phi) is 3.45. The maximum atomic E-state index is 11.5. The van der Waals surface area contributed by atoms with Crippen molar-refractivity contribution in [2.75, 3.05) is 20.3 Å². The van der Waals surface area contributed by atoms with Crippen LogP contribution >= 0.6 is 0 Å². The summed E-state index contributed by atoms with van der Waals surface area (Å²) < 4.78 is 10.4. The van der Waals surface area contributed by atoms with Crippen molar-refractivity contribution in [2.45, 2.75) is 18.6 Å². The number of amides is 1. The largest absolute Gasteiger partial charge is 0.372 e. The molecule has 1 fully saturated rings. The topological polar surface area (TPSA) is 50.9 Å². The van der Waals surface area contributed by atoms with Crippen LogP contribution in [-0.4, -0.2) is 32.3 Å². The van der Waals surface area contributed by atoms with Crippen molar-refractivity contribution in [1.29, 1.82) is 0 Å². The van der Waals surface area contributed by atoms with Crippen LogP contribution in [0, 0.1) is 0 Å². The Balaban J connectivity index is 2.01. The van der Waals surface area contributed by atoms with Gasteiger partial charge in [-0.05, 0) is 12.5 Å². The number of hydrogen-bond acceptors (Lipinski definition) is 3. The summed E-state index contributed by atoms with van der Waals surface area (Å²) in [4.78, 5) is 11.5. The lowest BCUT2D eigenvalue weighted by molar-refractivity contribution is -0.123. The molecule has 17 heavy (non-hydrogen) atoms. The van der Waals surface area contributed by atoms with Crippen molar-refractivity contribution in [2.24, 2.45) is 0 Å². The molecule has 2 rings (SSSR count). The van der Waals surface area contributed by atoms with Gasteiger partial charge < -0.3 is 14.8 Å². The maximum Gasteiger partial charge on any atom is 0.251 e. The highest BCUT2D eigenvalue weighted by molar-refractivity contribution is 5.82. The third-order valence-corrected chi connectivity index (χ3v) is 3.06. The summed E-state index contributed by atoms with van der Waals surface area (Å²) in [6.45, 7) is 2.92. The Labute approximate surface area is 101 Å². The fourth-order valence-corrected chi connectivity index (χ4v) is 1.65. The lowest BCUT2D eigenvalue weighted by Gasteiger charge is -2.28. The van der Waals surface area contributed by atoms with Gasteiger partial charge >= 0.3 is 0 Å². The minimum absolute atomic E-state index is 0.0655. The second kappa shape index (κ2) is 4.85. The van der Waals surface area contributed by atoms with Gasteiger partial charge in [-0.1, -0.05) is 30.3 Å². The SMILES string of the molecule is COC(C)(CNC(=O)C1CO1)c1ccccc1. The maximum absolute atomic E-state index is 11.5. The van der Waals surface area contributed by atoms with Crippen LogP contribution in [0.4, 0.5) is 0 Å². The first-order valence-corrected chi connectivity index (χ1v) is 5.66. The van der Waals surface area contributed by atoms with Crippen molar-refractivity contribution < 1.29 is 14.3 Å². The van der Waals surface area contributed by atoms with Crippen molar-refractivity contribution in [1.82, 2.24) is 5.32 Å². The van der Waals surface area contributed by atoms with E-state index < -0.39 is 5.60 Å². The van der Waals surface area contributed by atoms with E-state index in [0.717, 1.165) is 5.56 Å². The molecule has 4 nitrogen and oxygen atoms in total. The normalized spacial score (nSPS) is 21.6. The van der Waals surface area contributed by atoms with E-state index in [-0.39, 0.29) is 12.0 Å². The Morgan fingerprint density at radius 1 is 1.53 bits per heavy atom. The van der Waals surface area contributed by atoms with E-state index in [1.807, 2.05) is 37.3 Å². The number of carbonyl (C=O) groups excluding carboxylic acids is 1. The van der Waals surface area contributed by atoms with Crippen LogP contribution in [0.15, 0.2) is 30.3 Å². The van der Waals surface area contributed by atoms with Gasteiger partial charge in [-0.2, -0.15) is 0 Å². The highest BCUT2D eigenvalue weighted by Crippen LogP contribution is 2.23. The average Bonchev–Trinajstić information content (AvgIpc) is 3.21. The monoisotopic (exact) mass is 235 g/mol. The van der Waals surface area contributed by atoms with Crippen molar-refractivity contribution >= 4 is 5.91 Å². The van der Waals surface area contributed by atoms with Crippen LogP contribution in [0.5, 0.6) is 0 Å². The van der Waals surface area contributed by atoms with E-state index in [1.165, 1.54) is 0 Å². The van der Waals surface area contributed by atoms with E-state index in [1.54, 1.807) is 7.11 Å². The summed E-state index contributed by atoms with van der Waals surface area (Å²) >= 11 is 0. The molecule has 4 heteroatoms. The predicted octanol–water partition coefficient (Wildman–Crippen LogP) is 1.06. The average molecular weight is 235 g/mol. The van der Waals surface area contributed by atoms with Crippen LogP contribution in [0.3, 0.4) is 0 Å². The van der Waals surface area contributed by atoms with Gasteiger partial charge in [0.15, 0.2) is 6.10 Å². The summed E-state index contributed by atoms with van der Waals surface area (Å²) in [7, 11) is 1.65. The van der Waals surface area contributed by atoms with Crippen LogP contribution in [0.1, 0.15) is 12.5 Å². The van der Waals surface area contributed by atoms with Crippen LogP contribution in [-0.2, 0) is 19.9 Å². The van der Waals surface area contributed by atoms with Crippen LogP contribution < -0.4 is 5.32 Å². The van der Waals surface area contributed by atoms with E-state index in [0.29, 0.717) is 13.2 Å². The number of rotatable bonds is 5. The van der Waals surface area contributed by atoms with Gasteiger partial charge in [-0.25, -0.2) is 0 Å². The zero-order valence-corrected chi connectivity index (χ0v) is 10.1. The summed E-state index contributed by atoms with van der Waals surface area (Å²) in [5.74, 6) is -0.0655. The Morgan fingerprint density at radius 2 is 2.18 bits per heavy atom. The van der Waals surface area contributed by atoms with Crippen LogP contribution in [0.2, 0.25) is 0 Å². The summed E-state index contributed by atoms with van der Waals surface area (Å²) in [5, 5.41) is 2.85. The van der Waals surface area contributed by atoms with Gasteiger partial charge in [0.2, 0.25) is 0 Å². The second-order valence-corrected chi connectivity index (χ2v) is 4.34. The first kappa shape index (κ1) is 12.1. The molecule has 1 N–H and O–H groups in total. The van der Waals surface area contributed by atoms with E-state index in [4.69, 9.17) is 9.47 Å². The Bertz CT molecular complexity index is 389.